The van der Waals surface area contributed by atoms with Gasteiger partial charge < -0.3 is 20.5 Å². The van der Waals surface area contributed by atoms with Crippen LogP contribution in [0.15, 0.2) is 6.33 Å². The number of ether oxygens (including phenoxy) is 1. The lowest BCUT2D eigenvalue weighted by Gasteiger charge is -2.10. The fourth-order valence-electron chi connectivity index (χ4n) is 2.18. The number of aryl methyl sites for hydroxylation is 1. The molecule has 0 aliphatic carbocycles. The van der Waals surface area contributed by atoms with Gasteiger partial charge in [-0.3, -0.25) is 4.79 Å². The monoisotopic (exact) mass is 338 g/mol. The van der Waals surface area contributed by atoms with E-state index in [9.17, 15) is 4.79 Å². The second kappa shape index (κ2) is 8.19. The van der Waals surface area contributed by atoms with Gasteiger partial charge in [-0.25, -0.2) is 9.97 Å². The second-order valence-electron chi connectivity index (χ2n) is 5.29. The molecule has 0 saturated carbocycles. The van der Waals surface area contributed by atoms with Crippen molar-refractivity contribution >= 4 is 33.3 Å². The summed E-state index contributed by atoms with van der Waals surface area (Å²) in [6, 6.07) is -0.287. The second-order valence-corrected chi connectivity index (χ2v) is 6.29. The number of aliphatic hydroxyl groups excluding tert-OH is 1. The molecule has 0 fully saturated rings. The minimum atomic E-state index is -0.287. The summed E-state index contributed by atoms with van der Waals surface area (Å²) < 4.78 is 5.03. The highest BCUT2D eigenvalue weighted by Gasteiger charge is 2.20. The maximum Gasteiger partial charge on any atom is 0.262 e. The average Bonchev–Trinajstić information content (AvgIpc) is 2.89. The number of thiophene rings is 1. The molecular formula is C15H22N4O3S. The summed E-state index contributed by atoms with van der Waals surface area (Å²) in [5.74, 6) is 0.534. The van der Waals surface area contributed by atoms with Gasteiger partial charge in [0, 0.05) is 26.3 Å². The summed E-state index contributed by atoms with van der Waals surface area (Å²) in [4.78, 5) is 22.2. The van der Waals surface area contributed by atoms with Crippen LogP contribution in [0.25, 0.3) is 10.2 Å². The van der Waals surface area contributed by atoms with Gasteiger partial charge in [0.1, 0.15) is 17.0 Å². The Balaban J connectivity index is 2.25. The molecule has 126 valence electrons. The zero-order chi connectivity index (χ0) is 16.8. The predicted octanol–water partition coefficient (Wildman–Crippen LogP) is 1.56. The van der Waals surface area contributed by atoms with Crippen LogP contribution in [0, 0.1) is 6.92 Å². The topological polar surface area (TPSA) is 96.4 Å². The standard InChI is InChI=1S/C15H22N4O3S/c1-9(7-20)19-14(21)12-10(2)11-13(16-5-4-6-22-3)17-8-18-15(11)23-12/h8-9,20H,4-7H2,1-3H3,(H,19,21)(H,16,17,18). The number of carbonyl (C=O) groups excluding carboxylic acids is 1. The lowest BCUT2D eigenvalue weighted by Crippen LogP contribution is -2.34. The maximum atomic E-state index is 12.3. The SMILES string of the molecule is COCCCNc1ncnc2sc(C(=O)NC(C)CO)c(C)c12. The zero-order valence-electron chi connectivity index (χ0n) is 13.5. The molecule has 0 aromatic carbocycles. The van der Waals surface area contributed by atoms with Crippen molar-refractivity contribution in [2.75, 3.05) is 32.2 Å². The van der Waals surface area contributed by atoms with Crippen molar-refractivity contribution < 1.29 is 14.6 Å². The van der Waals surface area contributed by atoms with Crippen molar-refractivity contribution in [1.29, 1.82) is 0 Å². The molecule has 2 heterocycles. The Morgan fingerprint density at radius 1 is 1.48 bits per heavy atom. The molecule has 8 heteroatoms. The number of anilines is 1. The van der Waals surface area contributed by atoms with Crippen LogP contribution in [0.3, 0.4) is 0 Å². The first-order chi connectivity index (χ1) is 11.1. The molecule has 3 N–H and O–H groups in total. The van der Waals surface area contributed by atoms with Gasteiger partial charge in [-0.15, -0.1) is 11.3 Å². The van der Waals surface area contributed by atoms with Gasteiger partial charge in [0.2, 0.25) is 0 Å². The highest BCUT2D eigenvalue weighted by molar-refractivity contribution is 7.20. The largest absolute Gasteiger partial charge is 0.394 e. The van der Waals surface area contributed by atoms with E-state index in [0.29, 0.717) is 11.5 Å². The number of aromatic nitrogens is 2. The predicted molar refractivity (Wildman–Crippen MR) is 91.1 cm³/mol. The number of rotatable bonds is 8. The van der Waals surface area contributed by atoms with E-state index in [0.717, 1.165) is 34.6 Å². The van der Waals surface area contributed by atoms with E-state index in [4.69, 9.17) is 9.84 Å². The number of aliphatic hydroxyl groups is 1. The van der Waals surface area contributed by atoms with Crippen LogP contribution in [0.2, 0.25) is 0 Å². The highest BCUT2D eigenvalue weighted by Crippen LogP contribution is 2.33. The Morgan fingerprint density at radius 3 is 2.96 bits per heavy atom. The number of nitrogens with zero attached hydrogens (tertiary/aromatic N) is 2. The normalized spacial score (nSPS) is 12.3. The van der Waals surface area contributed by atoms with Gasteiger partial charge in [0.05, 0.1) is 16.9 Å². The molecule has 7 nitrogen and oxygen atoms in total. The van der Waals surface area contributed by atoms with E-state index < -0.39 is 0 Å². The number of methoxy groups -OCH3 is 1. The van der Waals surface area contributed by atoms with Crippen LogP contribution < -0.4 is 10.6 Å². The van der Waals surface area contributed by atoms with Crippen molar-refractivity contribution in [3.63, 3.8) is 0 Å². The van der Waals surface area contributed by atoms with Crippen molar-refractivity contribution in [3.05, 3.63) is 16.8 Å². The molecule has 0 bridgehead atoms. The van der Waals surface area contributed by atoms with Crippen LogP contribution in [-0.4, -0.2) is 53.9 Å². The summed E-state index contributed by atoms with van der Waals surface area (Å²) in [5, 5.41) is 16.0. The van der Waals surface area contributed by atoms with Crippen LogP contribution in [0.1, 0.15) is 28.6 Å². The molecule has 2 aromatic rings. The smallest absolute Gasteiger partial charge is 0.262 e. The van der Waals surface area contributed by atoms with Gasteiger partial charge in [-0.2, -0.15) is 0 Å². The molecule has 0 radical (unpaired) electrons. The molecule has 23 heavy (non-hydrogen) atoms. The van der Waals surface area contributed by atoms with E-state index in [1.807, 2.05) is 6.92 Å². The molecule has 1 amide bonds. The molecule has 0 saturated heterocycles. The fraction of sp³-hybridized carbons (Fsp3) is 0.533. The first-order valence-corrected chi connectivity index (χ1v) is 8.28. The number of hydrogen-bond acceptors (Lipinski definition) is 7. The first-order valence-electron chi connectivity index (χ1n) is 7.47. The molecule has 2 aromatic heterocycles. The molecule has 1 unspecified atom stereocenters. The van der Waals surface area contributed by atoms with Crippen LogP contribution >= 0.6 is 11.3 Å². The van der Waals surface area contributed by atoms with Crippen LogP contribution in [0.4, 0.5) is 5.82 Å². The molecule has 0 aliphatic rings. The third kappa shape index (κ3) is 4.15. The van der Waals surface area contributed by atoms with Crippen LogP contribution in [-0.2, 0) is 4.74 Å². The Labute approximate surface area is 139 Å². The lowest BCUT2D eigenvalue weighted by atomic mass is 10.2. The summed E-state index contributed by atoms with van der Waals surface area (Å²) >= 11 is 1.33. The Morgan fingerprint density at radius 2 is 2.26 bits per heavy atom. The minimum Gasteiger partial charge on any atom is -0.394 e. The molecular weight excluding hydrogens is 316 g/mol. The average molecular weight is 338 g/mol. The molecule has 0 spiro atoms. The van der Waals surface area contributed by atoms with E-state index in [1.54, 1.807) is 14.0 Å². The summed E-state index contributed by atoms with van der Waals surface area (Å²) in [5.41, 5.74) is 0.850. The summed E-state index contributed by atoms with van der Waals surface area (Å²) in [7, 11) is 1.67. The third-order valence-electron chi connectivity index (χ3n) is 3.40. The van der Waals surface area contributed by atoms with E-state index in [-0.39, 0.29) is 18.6 Å². The summed E-state index contributed by atoms with van der Waals surface area (Å²) in [6.07, 6.45) is 2.36. The Kier molecular flexibility index (Phi) is 6.26. The van der Waals surface area contributed by atoms with Gasteiger partial charge in [0.25, 0.3) is 5.91 Å². The third-order valence-corrected chi connectivity index (χ3v) is 4.60. The van der Waals surface area contributed by atoms with Crippen LogP contribution in [0.5, 0.6) is 0 Å². The lowest BCUT2D eigenvalue weighted by molar-refractivity contribution is 0.0926. The fourth-order valence-corrected chi connectivity index (χ4v) is 3.23. The highest BCUT2D eigenvalue weighted by atomic mass is 32.1. The van der Waals surface area contributed by atoms with E-state index >= 15 is 0 Å². The molecule has 2 rings (SSSR count). The quantitative estimate of drug-likeness (QED) is 0.632. The van der Waals surface area contributed by atoms with Crippen molar-refractivity contribution in [1.82, 2.24) is 15.3 Å². The number of amides is 1. The van der Waals surface area contributed by atoms with Gasteiger partial charge in [0.15, 0.2) is 0 Å². The summed E-state index contributed by atoms with van der Waals surface area (Å²) in [6.45, 7) is 4.96. The first kappa shape index (κ1) is 17.6. The molecule has 1 atom stereocenters. The zero-order valence-corrected chi connectivity index (χ0v) is 14.4. The van der Waals surface area contributed by atoms with Crippen molar-refractivity contribution in [2.24, 2.45) is 0 Å². The Bertz CT molecular complexity index is 674. The van der Waals surface area contributed by atoms with Crippen molar-refractivity contribution in [2.45, 2.75) is 26.3 Å². The Hall–Kier alpha value is -1.77. The number of carbonyl (C=O) groups is 1. The molecule has 0 aliphatic heterocycles. The number of hydrogen-bond donors (Lipinski definition) is 3. The van der Waals surface area contributed by atoms with Gasteiger partial charge >= 0.3 is 0 Å². The number of nitrogens with one attached hydrogen (secondary N) is 2. The van der Waals surface area contributed by atoms with Gasteiger partial charge in [-0.05, 0) is 25.8 Å². The van der Waals surface area contributed by atoms with E-state index in [2.05, 4.69) is 20.6 Å². The number of fused-ring (bicyclic) bond motifs is 1. The van der Waals surface area contributed by atoms with Crippen molar-refractivity contribution in [3.8, 4) is 0 Å². The van der Waals surface area contributed by atoms with Gasteiger partial charge in [-0.1, -0.05) is 0 Å². The maximum absolute atomic E-state index is 12.3. The minimum absolute atomic E-state index is 0.0954. The van der Waals surface area contributed by atoms with E-state index in [1.165, 1.54) is 17.7 Å².